The quantitative estimate of drug-likeness (QED) is 0.577. The number of rotatable bonds is 4. The molecule has 2 nitrogen and oxygen atoms in total. The Morgan fingerprint density at radius 2 is 1.27 bits per heavy atom. The molecule has 2 aromatic rings. The molecular weight excluding hydrogens is 289 g/mol. The van der Waals surface area contributed by atoms with Crippen molar-refractivity contribution in [2.75, 3.05) is 0 Å². The van der Waals surface area contributed by atoms with Gasteiger partial charge in [0.2, 0.25) is 0 Å². The Labute approximate surface area is 127 Å². The molecule has 0 aliphatic carbocycles. The first kappa shape index (κ1) is 15.9. The van der Waals surface area contributed by atoms with Crippen LogP contribution in [-0.2, 0) is 12.6 Å². The summed E-state index contributed by atoms with van der Waals surface area (Å²) in [4.78, 5) is 0. The summed E-state index contributed by atoms with van der Waals surface area (Å²) in [6.07, 6.45) is -0.334. The van der Waals surface area contributed by atoms with Crippen molar-refractivity contribution >= 4 is 12.4 Å². The van der Waals surface area contributed by atoms with Crippen LogP contribution in [0.15, 0.2) is 58.7 Å². The highest BCUT2D eigenvalue weighted by Crippen LogP contribution is 2.28. The van der Waals surface area contributed by atoms with Crippen LogP contribution in [0.4, 0.5) is 13.2 Å². The molecule has 0 unspecified atom stereocenters. The van der Waals surface area contributed by atoms with Crippen LogP contribution in [0.2, 0.25) is 0 Å². The van der Waals surface area contributed by atoms with Gasteiger partial charge in [-0.05, 0) is 35.2 Å². The first-order valence-electron chi connectivity index (χ1n) is 6.81. The normalized spacial score (nSPS) is 12.4. The predicted molar refractivity (Wildman–Crippen MR) is 82.5 cm³/mol. The fourth-order valence-corrected chi connectivity index (χ4v) is 1.80. The molecule has 2 aromatic carbocycles. The molecular formula is C17H15F3N2. The van der Waals surface area contributed by atoms with E-state index < -0.39 is 11.7 Å². The van der Waals surface area contributed by atoms with E-state index in [0.29, 0.717) is 5.56 Å². The van der Waals surface area contributed by atoms with Crippen LogP contribution >= 0.6 is 0 Å². The maximum Gasteiger partial charge on any atom is 0.416 e. The van der Waals surface area contributed by atoms with Crippen molar-refractivity contribution in [3.8, 4) is 0 Å². The fraction of sp³-hybridized carbons (Fsp3) is 0.176. The maximum atomic E-state index is 12.4. The van der Waals surface area contributed by atoms with Crippen molar-refractivity contribution in [1.29, 1.82) is 0 Å². The van der Waals surface area contributed by atoms with Gasteiger partial charge in [-0.15, -0.1) is 0 Å². The molecule has 0 fully saturated rings. The van der Waals surface area contributed by atoms with E-state index in [4.69, 9.17) is 0 Å². The minimum atomic E-state index is -4.32. The van der Waals surface area contributed by atoms with Gasteiger partial charge in [-0.1, -0.05) is 43.3 Å². The lowest BCUT2D eigenvalue weighted by atomic mass is 10.1. The molecule has 114 valence electrons. The summed E-state index contributed by atoms with van der Waals surface area (Å²) < 4.78 is 37.2. The Hall–Kier alpha value is -2.43. The van der Waals surface area contributed by atoms with Crippen molar-refractivity contribution in [3.63, 3.8) is 0 Å². The van der Waals surface area contributed by atoms with Gasteiger partial charge in [0.1, 0.15) is 0 Å². The van der Waals surface area contributed by atoms with Gasteiger partial charge in [-0.25, -0.2) is 0 Å². The zero-order valence-corrected chi connectivity index (χ0v) is 12.0. The topological polar surface area (TPSA) is 24.7 Å². The summed E-state index contributed by atoms with van der Waals surface area (Å²) in [5.74, 6) is 0. The summed E-state index contributed by atoms with van der Waals surface area (Å²) in [6.45, 7) is 2.08. The first-order valence-corrected chi connectivity index (χ1v) is 6.81. The third-order valence-corrected chi connectivity index (χ3v) is 3.11. The molecule has 22 heavy (non-hydrogen) atoms. The molecule has 0 aliphatic heterocycles. The summed E-state index contributed by atoms with van der Waals surface area (Å²) in [6, 6.07) is 12.7. The van der Waals surface area contributed by atoms with E-state index in [0.717, 1.165) is 24.1 Å². The van der Waals surface area contributed by atoms with E-state index in [1.165, 1.54) is 23.9 Å². The van der Waals surface area contributed by atoms with E-state index in [-0.39, 0.29) is 0 Å². The van der Waals surface area contributed by atoms with Gasteiger partial charge in [0.05, 0.1) is 18.0 Å². The van der Waals surface area contributed by atoms with Crippen LogP contribution in [0.3, 0.4) is 0 Å². The largest absolute Gasteiger partial charge is 0.416 e. The van der Waals surface area contributed by atoms with Crippen molar-refractivity contribution in [3.05, 3.63) is 70.8 Å². The molecule has 0 heterocycles. The van der Waals surface area contributed by atoms with Crippen molar-refractivity contribution in [2.45, 2.75) is 19.5 Å². The van der Waals surface area contributed by atoms with Crippen LogP contribution in [0.25, 0.3) is 0 Å². The molecule has 0 radical (unpaired) electrons. The van der Waals surface area contributed by atoms with Crippen LogP contribution in [0.1, 0.15) is 29.2 Å². The second-order valence-corrected chi connectivity index (χ2v) is 4.70. The molecule has 0 amide bonds. The lowest BCUT2D eigenvalue weighted by molar-refractivity contribution is -0.137. The molecule has 0 bridgehead atoms. The van der Waals surface area contributed by atoms with Gasteiger partial charge >= 0.3 is 6.18 Å². The highest BCUT2D eigenvalue weighted by molar-refractivity contribution is 5.82. The Balaban J connectivity index is 1.98. The summed E-state index contributed by atoms with van der Waals surface area (Å²) in [5.41, 5.74) is 2.04. The maximum absolute atomic E-state index is 12.4. The first-order chi connectivity index (χ1) is 10.5. The van der Waals surface area contributed by atoms with E-state index in [1.54, 1.807) is 6.21 Å². The molecule has 0 aliphatic rings. The smallest absolute Gasteiger partial charge is 0.166 e. The van der Waals surface area contributed by atoms with Crippen LogP contribution in [0.5, 0.6) is 0 Å². The third kappa shape index (κ3) is 4.55. The Bertz CT molecular complexity index is 654. The second kappa shape index (κ2) is 7.02. The van der Waals surface area contributed by atoms with Gasteiger partial charge < -0.3 is 0 Å². The number of alkyl halides is 3. The second-order valence-electron chi connectivity index (χ2n) is 4.70. The molecule has 0 N–H and O–H groups in total. The standard InChI is InChI=1S/C17H15F3N2/c1-2-13-3-5-14(6-4-13)11-21-22-12-15-7-9-16(10-8-15)17(18,19)20/h3-12H,2H2,1H3. The number of halogens is 3. The average molecular weight is 304 g/mol. The van der Waals surface area contributed by atoms with Gasteiger partial charge in [-0.2, -0.15) is 23.4 Å². The summed E-state index contributed by atoms with van der Waals surface area (Å²) in [5, 5.41) is 7.72. The van der Waals surface area contributed by atoms with Gasteiger partial charge in [0, 0.05) is 0 Å². The summed E-state index contributed by atoms with van der Waals surface area (Å²) in [7, 11) is 0. The third-order valence-electron chi connectivity index (χ3n) is 3.11. The zero-order valence-electron chi connectivity index (χ0n) is 12.0. The van der Waals surface area contributed by atoms with Crippen LogP contribution < -0.4 is 0 Å². The monoisotopic (exact) mass is 304 g/mol. The highest BCUT2D eigenvalue weighted by atomic mass is 19.4. The van der Waals surface area contributed by atoms with Gasteiger partial charge in [0.15, 0.2) is 0 Å². The number of nitrogens with zero attached hydrogens (tertiary/aromatic N) is 2. The number of aryl methyl sites for hydroxylation is 1. The predicted octanol–water partition coefficient (Wildman–Crippen LogP) is 4.72. The average Bonchev–Trinajstić information content (AvgIpc) is 2.52. The fourth-order valence-electron chi connectivity index (χ4n) is 1.80. The van der Waals surface area contributed by atoms with Gasteiger partial charge in [0.25, 0.3) is 0 Å². The molecule has 0 aromatic heterocycles. The lowest BCUT2D eigenvalue weighted by Gasteiger charge is -2.05. The molecule has 5 heteroatoms. The van der Waals surface area contributed by atoms with Crippen LogP contribution in [-0.4, -0.2) is 12.4 Å². The Kier molecular flexibility index (Phi) is 5.09. The van der Waals surface area contributed by atoms with E-state index in [9.17, 15) is 13.2 Å². The Morgan fingerprint density at radius 3 is 1.68 bits per heavy atom. The van der Waals surface area contributed by atoms with E-state index in [1.807, 2.05) is 24.3 Å². The molecule has 2 rings (SSSR count). The zero-order chi connectivity index (χ0) is 16.0. The van der Waals surface area contributed by atoms with E-state index >= 15 is 0 Å². The molecule has 0 spiro atoms. The lowest BCUT2D eigenvalue weighted by Crippen LogP contribution is -2.04. The molecule has 0 saturated carbocycles. The minimum Gasteiger partial charge on any atom is -0.166 e. The number of hydrogen-bond acceptors (Lipinski definition) is 2. The van der Waals surface area contributed by atoms with Crippen molar-refractivity contribution in [2.24, 2.45) is 10.2 Å². The number of hydrogen-bond donors (Lipinski definition) is 0. The SMILES string of the molecule is CCc1ccc(C=NN=Cc2ccc(C(F)(F)F)cc2)cc1. The highest BCUT2D eigenvalue weighted by Gasteiger charge is 2.29. The van der Waals surface area contributed by atoms with Crippen LogP contribution in [0, 0.1) is 0 Å². The number of benzene rings is 2. The molecule has 0 saturated heterocycles. The minimum absolute atomic E-state index is 0.562. The van der Waals surface area contributed by atoms with Gasteiger partial charge in [-0.3, -0.25) is 0 Å². The van der Waals surface area contributed by atoms with E-state index in [2.05, 4.69) is 17.1 Å². The Morgan fingerprint density at radius 1 is 0.818 bits per heavy atom. The summed E-state index contributed by atoms with van der Waals surface area (Å²) >= 11 is 0. The molecule has 0 atom stereocenters. The van der Waals surface area contributed by atoms with Crippen molar-refractivity contribution < 1.29 is 13.2 Å². The van der Waals surface area contributed by atoms with Crippen molar-refractivity contribution in [1.82, 2.24) is 0 Å².